The first-order valence-corrected chi connectivity index (χ1v) is 11.8. The molecule has 32 heavy (non-hydrogen) atoms. The van der Waals surface area contributed by atoms with Gasteiger partial charge in [0.15, 0.2) is 11.6 Å². The summed E-state index contributed by atoms with van der Waals surface area (Å²) >= 11 is 0. The average molecular weight is 430 g/mol. The van der Waals surface area contributed by atoms with E-state index in [9.17, 15) is 9.59 Å². The Labute approximate surface area is 190 Å². The lowest BCUT2D eigenvalue weighted by atomic mass is 9.88. The molecule has 5 rings (SSSR count). The van der Waals surface area contributed by atoms with Crippen LogP contribution in [0.3, 0.4) is 0 Å². The van der Waals surface area contributed by atoms with Gasteiger partial charge in [0.2, 0.25) is 0 Å². The van der Waals surface area contributed by atoms with Gasteiger partial charge in [-0.1, -0.05) is 35.9 Å². The number of carbonyl (C=O) groups excluding carboxylic acids is 2. The van der Waals surface area contributed by atoms with E-state index in [1.807, 2.05) is 25.3 Å². The Morgan fingerprint density at radius 3 is 2.84 bits per heavy atom. The van der Waals surface area contributed by atoms with Gasteiger partial charge in [0.1, 0.15) is 0 Å². The first kappa shape index (κ1) is 21.3. The number of likely N-dealkylation sites (tertiary alicyclic amines) is 1. The highest BCUT2D eigenvalue weighted by atomic mass is 16.5. The number of hydrogen-bond acceptors (Lipinski definition) is 4. The highest BCUT2D eigenvalue weighted by Gasteiger charge is 2.27. The molecule has 2 aliphatic carbocycles. The van der Waals surface area contributed by atoms with Gasteiger partial charge in [0, 0.05) is 37.7 Å². The fourth-order valence-corrected chi connectivity index (χ4v) is 5.57. The van der Waals surface area contributed by atoms with Gasteiger partial charge in [0.05, 0.1) is 6.10 Å². The summed E-state index contributed by atoms with van der Waals surface area (Å²) in [6.07, 6.45) is 8.29. The van der Waals surface area contributed by atoms with E-state index < -0.39 is 0 Å². The van der Waals surface area contributed by atoms with Crippen molar-refractivity contribution in [3.63, 3.8) is 0 Å². The van der Waals surface area contributed by atoms with Crippen LogP contribution < -0.4 is 0 Å². The number of hydrogen-bond donors (Lipinski definition) is 0. The first-order chi connectivity index (χ1) is 15.5. The number of benzene rings is 2. The van der Waals surface area contributed by atoms with Gasteiger partial charge in [-0.05, 0) is 79.5 Å². The van der Waals surface area contributed by atoms with Crippen LogP contribution in [0.25, 0.3) is 17.2 Å². The SMILES string of the molecule is COC1CCCN(CCC2=Cc3ccc4c(c3-c3cc(C(C)=O)ccc3C2)CCC4=O)C1. The Balaban J connectivity index is 1.52. The number of fused-ring (bicyclic) bond motifs is 5. The Bertz CT molecular complexity index is 1110. The molecule has 3 aliphatic rings. The van der Waals surface area contributed by atoms with Crippen LogP contribution in [0.2, 0.25) is 0 Å². The van der Waals surface area contributed by atoms with Gasteiger partial charge >= 0.3 is 0 Å². The van der Waals surface area contributed by atoms with Crippen molar-refractivity contribution in [1.82, 2.24) is 4.90 Å². The Hall–Kier alpha value is -2.56. The fraction of sp³-hybridized carbons (Fsp3) is 0.429. The standard InChI is InChI=1S/C28H31NO3/c1-18(30)20-5-6-21-14-19(11-13-29-12-3-4-23(17-29)32-2)15-22-7-8-24-25(9-10-27(24)31)28(22)26(21)16-20/h5-8,15-16,23H,3-4,9-14,17H2,1-2H3. The zero-order valence-electron chi connectivity index (χ0n) is 19.1. The molecule has 1 heterocycles. The third kappa shape index (κ3) is 3.98. The maximum Gasteiger partial charge on any atom is 0.163 e. The van der Waals surface area contributed by atoms with Gasteiger partial charge in [0.25, 0.3) is 0 Å². The molecule has 0 saturated carbocycles. The molecule has 1 aliphatic heterocycles. The maximum absolute atomic E-state index is 12.4. The van der Waals surface area contributed by atoms with E-state index in [0.29, 0.717) is 12.5 Å². The Morgan fingerprint density at radius 2 is 2.03 bits per heavy atom. The fourth-order valence-electron chi connectivity index (χ4n) is 5.57. The maximum atomic E-state index is 12.4. The van der Waals surface area contributed by atoms with Crippen LogP contribution in [0.5, 0.6) is 0 Å². The van der Waals surface area contributed by atoms with Gasteiger partial charge in [-0.25, -0.2) is 0 Å². The molecular weight excluding hydrogens is 398 g/mol. The molecule has 4 heteroatoms. The topological polar surface area (TPSA) is 46.6 Å². The molecule has 0 radical (unpaired) electrons. The van der Waals surface area contributed by atoms with Gasteiger partial charge in [-0.2, -0.15) is 0 Å². The lowest BCUT2D eigenvalue weighted by Crippen LogP contribution is -2.39. The first-order valence-electron chi connectivity index (χ1n) is 11.8. The van der Waals surface area contributed by atoms with Gasteiger partial charge in [-0.3, -0.25) is 9.59 Å². The van der Waals surface area contributed by atoms with Crippen molar-refractivity contribution in [3.8, 4) is 11.1 Å². The lowest BCUT2D eigenvalue weighted by Gasteiger charge is -2.32. The molecular formula is C28H31NO3. The molecule has 1 unspecified atom stereocenters. The summed E-state index contributed by atoms with van der Waals surface area (Å²) in [6.45, 7) is 4.80. The van der Waals surface area contributed by atoms with E-state index >= 15 is 0 Å². The second kappa shape index (κ2) is 8.76. The van der Waals surface area contributed by atoms with Crippen molar-refractivity contribution in [2.45, 2.75) is 51.6 Å². The number of carbonyl (C=O) groups is 2. The van der Waals surface area contributed by atoms with Crippen LogP contribution >= 0.6 is 0 Å². The Kier molecular flexibility index (Phi) is 5.83. The van der Waals surface area contributed by atoms with Crippen LogP contribution in [0.4, 0.5) is 0 Å². The molecule has 1 fully saturated rings. The monoisotopic (exact) mass is 429 g/mol. The zero-order chi connectivity index (χ0) is 22.2. The van der Waals surface area contributed by atoms with Crippen LogP contribution in [-0.2, 0) is 17.6 Å². The summed E-state index contributed by atoms with van der Waals surface area (Å²) in [4.78, 5) is 27.1. The van der Waals surface area contributed by atoms with Crippen molar-refractivity contribution < 1.29 is 14.3 Å². The van der Waals surface area contributed by atoms with E-state index in [1.165, 1.54) is 28.7 Å². The van der Waals surface area contributed by atoms with Crippen molar-refractivity contribution in [2.24, 2.45) is 0 Å². The molecule has 0 aromatic heterocycles. The lowest BCUT2D eigenvalue weighted by molar-refractivity contribution is 0.0318. The van der Waals surface area contributed by atoms with Crippen molar-refractivity contribution in [1.29, 1.82) is 0 Å². The average Bonchev–Trinajstić information content (AvgIpc) is 3.09. The number of methoxy groups -OCH3 is 1. The molecule has 1 saturated heterocycles. The number of Topliss-reactive ketones (excluding diaryl/α,β-unsaturated/α-hetero) is 2. The van der Waals surface area contributed by atoms with Crippen LogP contribution in [0.1, 0.15) is 70.0 Å². The molecule has 0 amide bonds. The summed E-state index contributed by atoms with van der Waals surface area (Å²) < 4.78 is 5.60. The summed E-state index contributed by atoms with van der Waals surface area (Å²) in [5, 5.41) is 0. The number of piperidine rings is 1. The molecule has 0 N–H and O–H groups in total. The second-order valence-corrected chi connectivity index (χ2v) is 9.44. The minimum Gasteiger partial charge on any atom is -0.380 e. The normalized spacial score (nSPS) is 20.2. The van der Waals surface area contributed by atoms with E-state index in [1.54, 1.807) is 6.92 Å². The summed E-state index contributed by atoms with van der Waals surface area (Å²) in [7, 11) is 1.81. The Morgan fingerprint density at radius 1 is 1.16 bits per heavy atom. The molecule has 4 nitrogen and oxygen atoms in total. The molecule has 0 spiro atoms. The molecule has 0 bridgehead atoms. The number of ketones is 2. The van der Waals surface area contributed by atoms with Crippen molar-refractivity contribution >= 4 is 17.6 Å². The van der Waals surface area contributed by atoms with E-state index in [4.69, 9.17) is 4.74 Å². The second-order valence-electron chi connectivity index (χ2n) is 9.44. The summed E-state index contributed by atoms with van der Waals surface area (Å²) in [5.41, 5.74) is 8.89. The van der Waals surface area contributed by atoms with E-state index in [0.717, 1.165) is 67.6 Å². The molecule has 166 valence electrons. The minimum absolute atomic E-state index is 0.0771. The molecule has 2 aromatic carbocycles. The predicted octanol–water partition coefficient (Wildman–Crippen LogP) is 5.13. The summed E-state index contributed by atoms with van der Waals surface area (Å²) in [5.74, 6) is 0.312. The van der Waals surface area contributed by atoms with Crippen LogP contribution in [0.15, 0.2) is 35.9 Å². The van der Waals surface area contributed by atoms with Crippen LogP contribution in [0, 0.1) is 0 Å². The highest BCUT2D eigenvalue weighted by Crippen LogP contribution is 2.41. The zero-order valence-corrected chi connectivity index (χ0v) is 19.1. The molecule has 1 atom stereocenters. The minimum atomic E-state index is 0.0771. The van der Waals surface area contributed by atoms with Gasteiger partial charge in [-0.15, -0.1) is 0 Å². The van der Waals surface area contributed by atoms with Gasteiger partial charge < -0.3 is 9.64 Å². The van der Waals surface area contributed by atoms with E-state index in [-0.39, 0.29) is 11.6 Å². The quantitative estimate of drug-likeness (QED) is 0.619. The van der Waals surface area contributed by atoms with Crippen LogP contribution in [-0.4, -0.2) is 49.3 Å². The van der Waals surface area contributed by atoms with Crippen molar-refractivity contribution in [2.75, 3.05) is 26.7 Å². The third-order valence-corrected chi connectivity index (χ3v) is 7.36. The summed E-state index contributed by atoms with van der Waals surface area (Å²) in [6, 6.07) is 10.2. The third-order valence-electron chi connectivity index (χ3n) is 7.36. The number of nitrogens with zero attached hydrogens (tertiary/aromatic N) is 1. The number of ether oxygens (including phenoxy) is 1. The number of rotatable bonds is 5. The largest absolute Gasteiger partial charge is 0.380 e. The smallest absolute Gasteiger partial charge is 0.163 e. The van der Waals surface area contributed by atoms with Crippen molar-refractivity contribution in [3.05, 3.63) is 63.7 Å². The molecule has 2 aromatic rings. The van der Waals surface area contributed by atoms with E-state index in [2.05, 4.69) is 23.1 Å². The highest BCUT2D eigenvalue weighted by molar-refractivity contribution is 6.04. The predicted molar refractivity (Wildman–Crippen MR) is 127 cm³/mol.